The highest BCUT2D eigenvalue weighted by molar-refractivity contribution is 9.10. The van der Waals surface area contributed by atoms with Crippen molar-refractivity contribution in [3.8, 4) is 0 Å². The van der Waals surface area contributed by atoms with Gasteiger partial charge in [-0.25, -0.2) is 12.8 Å². The maximum atomic E-state index is 14.4. The second kappa shape index (κ2) is 14.2. The smallest absolute Gasteiger partial charge is 0.264 e. The van der Waals surface area contributed by atoms with Gasteiger partial charge in [-0.1, -0.05) is 76.6 Å². The SMILES string of the molecule is CC(C)(C)NC(=O)[C@H](Cc1ccccc1)N(Cc1cccc(Br)c1)C(=O)CN(c1ccc(F)cc1)S(=O)(=O)c1ccccc1. The van der Waals surface area contributed by atoms with Gasteiger partial charge in [0.25, 0.3) is 10.0 Å². The average Bonchev–Trinajstić information content (AvgIpc) is 2.98. The number of nitrogens with one attached hydrogen (secondary N) is 1. The first kappa shape index (κ1) is 32.9. The number of hydrogen-bond acceptors (Lipinski definition) is 4. The topological polar surface area (TPSA) is 86.8 Å². The molecule has 0 saturated heterocycles. The van der Waals surface area contributed by atoms with Gasteiger partial charge >= 0.3 is 0 Å². The van der Waals surface area contributed by atoms with Gasteiger partial charge in [-0.3, -0.25) is 13.9 Å². The largest absolute Gasteiger partial charge is 0.350 e. The van der Waals surface area contributed by atoms with Crippen molar-refractivity contribution in [2.75, 3.05) is 10.8 Å². The summed E-state index contributed by atoms with van der Waals surface area (Å²) in [4.78, 5) is 29.7. The summed E-state index contributed by atoms with van der Waals surface area (Å²) in [7, 11) is -4.25. The summed E-state index contributed by atoms with van der Waals surface area (Å²) in [6, 6.07) is 28.4. The zero-order valence-corrected chi connectivity index (χ0v) is 27.2. The molecule has 0 heterocycles. The lowest BCUT2D eigenvalue weighted by atomic mass is 10.0. The lowest BCUT2D eigenvalue weighted by Gasteiger charge is -2.35. The van der Waals surface area contributed by atoms with Crippen LogP contribution in [0.2, 0.25) is 0 Å². The van der Waals surface area contributed by atoms with Crippen molar-refractivity contribution in [2.24, 2.45) is 0 Å². The van der Waals surface area contributed by atoms with Gasteiger partial charge in [0.15, 0.2) is 0 Å². The Bertz CT molecular complexity index is 1680. The number of hydrogen-bond donors (Lipinski definition) is 1. The highest BCUT2D eigenvalue weighted by Crippen LogP contribution is 2.26. The third-order valence-electron chi connectivity index (χ3n) is 6.74. The molecule has 4 rings (SSSR count). The molecular weight excluding hydrogens is 645 g/mol. The molecule has 0 saturated carbocycles. The van der Waals surface area contributed by atoms with E-state index in [-0.39, 0.29) is 29.5 Å². The van der Waals surface area contributed by atoms with Crippen molar-refractivity contribution in [3.05, 3.63) is 131 Å². The minimum Gasteiger partial charge on any atom is -0.350 e. The molecule has 2 amide bonds. The van der Waals surface area contributed by atoms with Crippen LogP contribution < -0.4 is 9.62 Å². The van der Waals surface area contributed by atoms with Crippen LogP contribution in [0.3, 0.4) is 0 Å². The molecule has 0 aromatic heterocycles. The first-order valence-electron chi connectivity index (χ1n) is 14.1. The fraction of sp³-hybridized carbons (Fsp3) is 0.235. The van der Waals surface area contributed by atoms with Gasteiger partial charge < -0.3 is 10.2 Å². The van der Waals surface area contributed by atoms with E-state index in [0.29, 0.717) is 0 Å². The van der Waals surface area contributed by atoms with Crippen molar-refractivity contribution in [3.63, 3.8) is 0 Å². The number of carbonyl (C=O) groups excluding carboxylic acids is 2. The maximum absolute atomic E-state index is 14.4. The molecule has 0 unspecified atom stereocenters. The predicted octanol–water partition coefficient (Wildman–Crippen LogP) is 6.34. The molecule has 1 N–H and O–H groups in total. The molecule has 0 spiro atoms. The van der Waals surface area contributed by atoms with E-state index in [1.807, 2.05) is 75.4 Å². The highest BCUT2D eigenvalue weighted by Gasteiger charge is 2.35. The summed E-state index contributed by atoms with van der Waals surface area (Å²) in [5, 5.41) is 3.00. The van der Waals surface area contributed by atoms with E-state index in [4.69, 9.17) is 0 Å². The fourth-order valence-corrected chi connectivity index (χ4v) is 6.58. The van der Waals surface area contributed by atoms with Crippen LogP contribution in [-0.4, -0.2) is 43.3 Å². The van der Waals surface area contributed by atoms with Gasteiger partial charge in [0.1, 0.15) is 18.4 Å². The lowest BCUT2D eigenvalue weighted by molar-refractivity contribution is -0.140. The van der Waals surface area contributed by atoms with E-state index in [2.05, 4.69) is 21.2 Å². The number of anilines is 1. The Morgan fingerprint density at radius 3 is 2.02 bits per heavy atom. The third-order valence-corrected chi connectivity index (χ3v) is 9.02. The molecule has 1 atom stereocenters. The summed E-state index contributed by atoms with van der Waals surface area (Å²) >= 11 is 3.48. The number of benzene rings is 4. The first-order chi connectivity index (χ1) is 20.8. The third kappa shape index (κ3) is 8.76. The van der Waals surface area contributed by atoms with Gasteiger partial charge in [-0.15, -0.1) is 0 Å². The number of rotatable bonds is 11. The van der Waals surface area contributed by atoms with Gasteiger partial charge in [-0.05, 0) is 80.4 Å². The van der Waals surface area contributed by atoms with E-state index in [0.717, 1.165) is 32.0 Å². The molecule has 230 valence electrons. The Labute approximate surface area is 266 Å². The van der Waals surface area contributed by atoms with Crippen LogP contribution in [0, 0.1) is 5.82 Å². The van der Waals surface area contributed by atoms with Gasteiger partial charge in [0.2, 0.25) is 11.8 Å². The van der Waals surface area contributed by atoms with E-state index in [1.54, 1.807) is 18.2 Å². The van der Waals surface area contributed by atoms with E-state index in [9.17, 15) is 22.4 Å². The monoisotopic (exact) mass is 679 g/mol. The Morgan fingerprint density at radius 1 is 0.841 bits per heavy atom. The van der Waals surface area contributed by atoms with E-state index in [1.165, 1.54) is 29.2 Å². The van der Waals surface area contributed by atoms with Crippen LogP contribution in [0.5, 0.6) is 0 Å². The quantitative estimate of drug-likeness (QED) is 0.201. The molecule has 4 aromatic rings. The molecule has 44 heavy (non-hydrogen) atoms. The molecule has 0 aliphatic rings. The summed E-state index contributed by atoms with van der Waals surface area (Å²) in [5.41, 5.74) is 1.10. The predicted molar refractivity (Wildman–Crippen MR) is 174 cm³/mol. The number of halogens is 2. The van der Waals surface area contributed by atoms with E-state index < -0.39 is 39.9 Å². The lowest BCUT2D eigenvalue weighted by Crippen LogP contribution is -2.56. The van der Waals surface area contributed by atoms with Crippen LogP contribution in [-0.2, 0) is 32.6 Å². The molecule has 0 fully saturated rings. The summed E-state index contributed by atoms with van der Waals surface area (Å²) in [6.07, 6.45) is 0.199. The fourth-order valence-electron chi connectivity index (χ4n) is 4.69. The minimum atomic E-state index is -4.25. The number of amides is 2. The van der Waals surface area contributed by atoms with Gasteiger partial charge in [-0.2, -0.15) is 0 Å². The number of nitrogens with zero attached hydrogens (tertiary/aromatic N) is 2. The zero-order chi connectivity index (χ0) is 31.9. The minimum absolute atomic E-state index is 0.0259. The molecule has 0 bridgehead atoms. The van der Waals surface area contributed by atoms with Crippen molar-refractivity contribution in [1.29, 1.82) is 0 Å². The molecule has 0 aliphatic heterocycles. The Morgan fingerprint density at radius 2 is 1.43 bits per heavy atom. The van der Waals surface area contributed by atoms with E-state index >= 15 is 0 Å². The average molecular weight is 681 g/mol. The van der Waals surface area contributed by atoms with Crippen LogP contribution in [0.15, 0.2) is 119 Å². The Hall–Kier alpha value is -4.02. The molecule has 0 radical (unpaired) electrons. The first-order valence-corrected chi connectivity index (χ1v) is 16.3. The van der Waals surface area contributed by atoms with Crippen molar-refractivity contribution >= 4 is 43.5 Å². The molecule has 10 heteroatoms. The molecule has 7 nitrogen and oxygen atoms in total. The van der Waals surface area contributed by atoms with Crippen molar-refractivity contribution in [1.82, 2.24) is 10.2 Å². The van der Waals surface area contributed by atoms with Crippen LogP contribution in [0.4, 0.5) is 10.1 Å². The van der Waals surface area contributed by atoms with Gasteiger partial charge in [0.05, 0.1) is 10.6 Å². The van der Waals surface area contributed by atoms with Crippen molar-refractivity contribution < 1.29 is 22.4 Å². The van der Waals surface area contributed by atoms with Crippen LogP contribution in [0.25, 0.3) is 0 Å². The van der Waals surface area contributed by atoms with Crippen LogP contribution in [0.1, 0.15) is 31.9 Å². The van der Waals surface area contributed by atoms with Crippen LogP contribution >= 0.6 is 15.9 Å². The molecule has 4 aromatic carbocycles. The molecule has 0 aliphatic carbocycles. The Balaban J connectivity index is 1.81. The number of carbonyl (C=O) groups is 2. The Kier molecular flexibility index (Phi) is 10.6. The number of sulfonamides is 1. The highest BCUT2D eigenvalue weighted by atomic mass is 79.9. The standard InChI is InChI=1S/C34H35BrFN3O4S/c1-34(2,3)37-33(41)31(22-25-11-6-4-7-12-25)38(23-26-13-10-14-27(35)21-26)32(40)24-39(29-19-17-28(36)18-20-29)44(42,43)30-15-8-5-9-16-30/h4-21,31H,22-24H2,1-3H3,(H,37,41)/t31-/m0/s1. The maximum Gasteiger partial charge on any atom is 0.264 e. The van der Waals surface area contributed by atoms with Crippen molar-refractivity contribution in [2.45, 2.75) is 50.2 Å². The normalized spacial score (nSPS) is 12.3. The summed E-state index contributed by atoms with van der Waals surface area (Å²) < 4.78 is 43.5. The summed E-state index contributed by atoms with van der Waals surface area (Å²) in [6.45, 7) is 4.98. The summed E-state index contributed by atoms with van der Waals surface area (Å²) in [5.74, 6) is -1.52. The second-order valence-electron chi connectivity index (χ2n) is 11.4. The second-order valence-corrected chi connectivity index (χ2v) is 14.2. The zero-order valence-electron chi connectivity index (χ0n) is 24.8. The van der Waals surface area contributed by atoms with Gasteiger partial charge in [0, 0.05) is 23.0 Å². The molecular formula is C34H35BrFN3O4S.